The molecule has 0 amide bonds. The Labute approximate surface area is 75.4 Å². The summed E-state index contributed by atoms with van der Waals surface area (Å²) in [6.45, 7) is 6.19. The van der Waals surface area contributed by atoms with Gasteiger partial charge in [0.2, 0.25) is 0 Å². The average Bonchev–Trinajstić information content (AvgIpc) is 1.96. The molecule has 2 nitrogen and oxygen atoms in total. The molecule has 0 bridgehead atoms. The van der Waals surface area contributed by atoms with E-state index in [0.717, 1.165) is 19.1 Å². The molecule has 0 unspecified atom stereocenters. The monoisotopic (exact) mass is 186 g/mol. The second kappa shape index (κ2) is 5.25. The molecule has 0 saturated heterocycles. The standard InChI is InChI=1S/C9H18O2Si/c1-12(2,3)9(11)7-5-4-6-8-10/h8H,4-7H2,1-3H3. The van der Waals surface area contributed by atoms with Crippen LogP contribution in [0.25, 0.3) is 0 Å². The van der Waals surface area contributed by atoms with E-state index in [9.17, 15) is 9.59 Å². The molecule has 0 aromatic heterocycles. The van der Waals surface area contributed by atoms with Crippen LogP contribution < -0.4 is 0 Å². The Morgan fingerprint density at radius 2 is 1.83 bits per heavy atom. The zero-order valence-corrected chi connectivity index (χ0v) is 9.22. The van der Waals surface area contributed by atoms with Crippen LogP contribution in [0, 0.1) is 0 Å². The first kappa shape index (κ1) is 11.6. The Balaban J connectivity index is 3.51. The minimum absolute atomic E-state index is 0.424. The number of carbonyl (C=O) groups is 2. The highest BCUT2D eigenvalue weighted by Crippen LogP contribution is 2.08. The van der Waals surface area contributed by atoms with E-state index in [-0.39, 0.29) is 0 Å². The summed E-state index contributed by atoms with van der Waals surface area (Å²) in [5, 5.41) is 0.424. The molecule has 0 N–H and O–H groups in total. The van der Waals surface area contributed by atoms with Gasteiger partial charge in [-0.1, -0.05) is 19.6 Å². The lowest BCUT2D eigenvalue weighted by Crippen LogP contribution is -2.32. The quantitative estimate of drug-likeness (QED) is 0.362. The van der Waals surface area contributed by atoms with E-state index in [2.05, 4.69) is 19.6 Å². The summed E-state index contributed by atoms with van der Waals surface area (Å²) in [4.78, 5) is 21.4. The van der Waals surface area contributed by atoms with E-state index in [1.165, 1.54) is 0 Å². The molecule has 70 valence electrons. The third kappa shape index (κ3) is 5.24. The number of hydrogen-bond acceptors (Lipinski definition) is 2. The molecule has 0 rings (SSSR count). The molecule has 0 saturated carbocycles. The zero-order valence-electron chi connectivity index (χ0n) is 8.22. The predicted octanol–water partition coefficient (Wildman–Crippen LogP) is 2.19. The first-order valence-electron chi connectivity index (χ1n) is 4.45. The lowest BCUT2D eigenvalue weighted by molar-refractivity contribution is -0.113. The van der Waals surface area contributed by atoms with Crippen LogP contribution >= 0.6 is 0 Å². The second-order valence-corrected chi connectivity index (χ2v) is 9.14. The molecule has 0 aliphatic rings. The van der Waals surface area contributed by atoms with Gasteiger partial charge >= 0.3 is 0 Å². The van der Waals surface area contributed by atoms with Crippen molar-refractivity contribution in [2.45, 2.75) is 45.3 Å². The summed E-state index contributed by atoms with van der Waals surface area (Å²) >= 11 is 0. The van der Waals surface area contributed by atoms with Gasteiger partial charge in [-0.05, 0) is 12.8 Å². The average molecular weight is 186 g/mol. The first-order chi connectivity index (χ1) is 5.48. The van der Waals surface area contributed by atoms with Gasteiger partial charge in [-0.15, -0.1) is 0 Å². The van der Waals surface area contributed by atoms with Crippen molar-refractivity contribution < 1.29 is 9.59 Å². The van der Waals surface area contributed by atoms with Crippen LogP contribution in [-0.4, -0.2) is 19.8 Å². The lowest BCUT2D eigenvalue weighted by atomic mass is 10.2. The maximum atomic E-state index is 11.4. The summed E-state index contributed by atoms with van der Waals surface area (Å²) in [6.07, 6.45) is 3.92. The molecule has 0 aromatic carbocycles. The molecule has 0 radical (unpaired) electrons. The van der Waals surface area contributed by atoms with Gasteiger partial charge in [-0.2, -0.15) is 0 Å². The summed E-state index contributed by atoms with van der Waals surface area (Å²) in [5.74, 6) is 0. The largest absolute Gasteiger partial charge is 0.305 e. The summed E-state index contributed by atoms with van der Waals surface area (Å²) in [6, 6.07) is 0. The van der Waals surface area contributed by atoms with Crippen molar-refractivity contribution in [3.8, 4) is 0 Å². The topological polar surface area (TPSA) is 34.1 Å². The maximum absolute atomic E-state index is 11.4. The third-order valence-corrected chi connectivity index (χ3v) is 3.74. The van der Waals surface area contributed by atoms with Crippen molar-refractivity contribution in [3.63, 3.8) is 0 Å². The third-order valence-electron chi connectivity index (χ3n) is 1.81. The van der Waals surface area contributed by atoms with Crippen molar-refractivity contribution in [3.05, 3.63) is 0 Å². The van der Waals surface area contributed by atoms with Crippen molar-refractivity contribution in [2.75, 3.05) is 0 Å². The lowest BCUT2D eigenvalue weighted by Gasteiger charge is -2.13. The minimum Gasteiger partial charge on any atom is -0.305 e. The Morgan fingerprint density at radius 3 is 2.25 bits per heavy atom. The summed E-state index contributed by atoms with van der Waals surface area (Å²) in [7, 11) is -1.55. The fraction of sp³-hybridized carbons (Fsp3) is 0.778. The van der Waals surface area contributed by atoms with Gasteiger partial charge in [0, 0.05) is 12.8 Å². The Kier molecular flexibility index (Phi) is 5.05. The SMILES string of the molecule is C[Si](C)(C)C(=O)CCCCC=O. The Hall–Kier alpha value is -0.443. The van der Waals surface area contributed by atoms with E-state index in [4.69, 9.17) is 0 Å². The van der Waals surface area contributed by atoms with Crippen LogP contribution in [-0.2, 0) is 9.59 Å². The van der Waals surface area contributed by atoms with Crippen LogP contribution in [0.3, 0.4) is 0 Å². The minimum atomic E-state index is -1.55. The van der Waals surface area contributed by atoms with Gasteiger partial charge in [-0.25, -0.2) is 0 Å². The highest BCUT2D eigenvalue weighted by atomic mass is 28.3. The molecular weight excluding hydrogens is 168 g/mol. The number of hydrogen-bond donors (Lipinski definition) is 0. The summed E-state index contributed by atoms with van der Waals surface area (Å²) < 4.78 is 0. The molecule has 3 heteroatoms. The highest BCUT2D eigenvalue weighted by molar-refractivity contribution is 7.03. The van der Waals surface area contributed by atoms with E-state index in [0.29, 0.717) is 18.2 Å². The molecule has 0 spiro atoms. The molecule has 0 aliphatic heterocycles. The van der Waals surface area contributed by atoms with Crippen LogP contribution in [0.4, 0.5) is 0 Å². The summed E-state index contributed by atoms with van der Waals surface area (Å²) in [5.41, 5.74) is 0. The molecule has 0 aromatic rings. The van der Waals surface area contributed by atoms with Crippen molar-refractivity contribution in [2.24, 2.45) is 0 Å². The number of carbonyl (C=O) groups excluding carboxylic acids is 2. The van der Waals surface area contributed by atoms with Gasteiger partial charge < -0.3 is 9.59 Å². The van der Waals surface area contributed by atoms with Crippen LogP contribution in [0.15, 0.2) is 0 Å². The van der Waals surface area contributed by atoms with Crippen molar-refractivity contribution in [1.29, 1.82) is 0 Å². The van der Waals surface area contributed by atoms with Crippen LogP contribution in [0.2, 0.25) is 19.6 Å². The van der Waals surface area contributed by atoms with Crippen molar-refractivity contribution in [1.82, 2.24) is 0 Å². The fourth-order valence-electron chi connectivity index (χ4n) is 0.888. The van der Waals surface area contributed by atoms with Gasteiger partial charge in [0.15, 0.2) is 0 Å². The number of aldehydes is 1. The Morgan fingerprint density at radius 1 is 1.25 bits per heavy atom. The molecular formula is C9H18O2Si. The molecule has 0 aliphatic carbocycles. The van der Waals surface area contributed by atoms with E-state index in [1.54, 1.807) is 0 Å². The number of unbranched alkanes of at least 4 members (excludes halogenated alkanes) is 2. The van der Waals surface area contributed by atoms with Gasteiger partial charge in [-0.3, -0.25) is 0 Å². The van der Waals surface area contributed by atoms with E-state index < -0.39 is 8.07 Å². The van der Waals surface area contributed by atoms with E-state index in [1.807, 2.05) is 0 Å². The predicted molar refractivity (Wildman–Crippen MR) is 52.9 cm³/mol. The van der Waals surface area contributed by atoms with E-state index >= 15 is 0 Å². The normalized spacial score (nSPS) is 11.2. The van der Waals surface area contributed by atoms with Gasteiger partial charge in [0.25, 0.3) is 0 Å². The van der Waals surface area contributed by atoms with Crippen LogP contribution in [0.5, 0.6) is 0 Å². The first-order valence-corrected chi connectivity index (χ1v) is 7.95. The second-order valence-electron chi connectivity index (χ2n) is 4.09. The maximum Gasteiger partial charge on any atom is 0.123 e. The van der Waals surface area contributed by atoms with Crippen molar-refractivity contribution >= 4 is 19.8 Å². The molecule has 12 heavy (non-hydrogen) atoms. The molecule has 0 heterocycles. The smallest absolute Gasteiger partial charge is 0.123 e. The Bertz CT molecular complexity index is 158. The highest BCUT2D eigenvalue weighted by Gasteiger charge is 2.22. The zero-order chi connectivity index (χ0) is 9.61. The van der Waals surface area contributed by atoms with Crippen LogP contribution in [0.1, 0.15) is 25.7 Å². The fourth-order valence-corrected chi connectivity index (χ4v) is 1.82. The van der Waals surface area contributed by atoms with Gasteiger partial charge in [0.1, 0.15) is 19.8 Å². The molecule has 0 fully saturated rings. The van der Waals surface area contributed by atoms with Gasteiger partial charge in [0.05, 0.1) is 0 Å². The molecule has 0 atom stereocenters. The number of rotatable bonds is 6.